The summed E-state index contributed by atoms with van der Waals surface area (Å²) in [4.78, 5) is -0.0223. The van der Waals surface area contributed by atoms with E-state index in [0.29, 0.717) is 22.6 Å². The van der Waals surface area contributed by atoms with Crippen LogP contribution in [0.15, 0.2) is 11.0 Å². The Morgan fingerprint density at radius 2 is 1.86 bits per heavy atom. The molecule has 0 spiro atoms. The van der Waals surface area contributed by atoms with Crippen LogP contribution in [0.4, 0.5) is 0 Å². The van der Waals surface area contributed by atoms with Crippen molar-refractivity contribution in [3.05, 3.63) is 27.2 Å². The predicted octanol–water partition coefficient (Wildman–Crippen LogP) is 3.30. The number of benzene rings is 1. The molecule has 0 heterocycles. The van der Waals surface area contributed by atoms with Crippen LogP contribution in [0.5, 0.6) is 0 Å². The molecule has 1 aromatic carbocycles. The van der Waals surface area contributed by atoms with Gasteiger partial charge in [-0.15, -0.1) is 0 Å². The number of hydrogen-bond acceptors (Lipinski definition) is 3. The van der Waals surface area contributed by atoms with Crippen LogP contribution >= 0.6 is 23.2 Å². The molecule has 1 aromatic rings. The zero-order valence-corrected chi connectivity index (χ0v) is 14.9. The number of hydrogen-bond donors (Lipinski definition) is 2. The van der Waals surface area contributed by atoms with Crippen molar-refractivity contribution < 1.29 is 13.5 Å². The van der Waals surface area contributed by atoms with Gasteiger partial charge in [0.15, 0.2) is 0 Å². The van der Waals surface area contributed by atoms with Crippen LogP contribution in [0.2, 0.25) is 10.0 Å². The zero-order valence-electron chi connectivity index (χ0n) is 12.6. The Morgan fingerprint density at radius 1 is 1.29 bits per heavy atom. The Balaban J connectivity index is 3.04. The highest BCUT2D eigenvalue weighted by atomic mass is 35.5. The molecule has 7 heteroatoms. The summed E-state index contributed by atoms with van der Waals surface area (Å²) in [5.74, 6) is 0.281. The van der Waals surface area contributed by atoms with Gasteiger partial charge in [-0.1, -0.05) is 37.0 Å². The number of aliphatic hydroxyl groups is 1. The van der Waals surface area contributed by atoms with Crippen LogP contribution in [0.1, 0.15) is 31.4 Å². The smallest absolute Gasteiger partial charge is 0.242 e. The highest BCUT2D eigenvalue weighted by Crippen LogP contribution is 2.33. The number of aliphatic hydroxyl groups excluding tert-OH is 1. The van der Waals surface area contributed by atoms with Crippen molar-refractivity contribution in [3.8, 4) is 0 Å². The summed E-state index contributed by atoms with van der Waals surface area (Å²) in [6.07, 6.45) is -0.219. The van der Waals surface area contributed by atoms with Crippen LogP contribution in [0.25, 0.3) is 0 Å². The topological polar surface area (TPSA) is 66.4 Å². The molecule has 0 saturated carbocycles. The Labute approximate surface area is 136 Å². The third kappa shape index (κ3) is 4.83. The second-order valence-electron chi connectivity index (χ2n) is 5.58. The first kappa shape index (κ1) is 18.7. The summed E-state index contributed by atoms with van der Waals surface area (Å²) in [6, 6.07) is 1.63. The first-order valence-corrected chi connectivity index (χ1v) is 8.93. The van der Waals surface area contributed by atoms with Crippen molar-refractivity contribution >= 4 is 33.2 Å². The molecule has 1 atom stereocenters. The maximum atomic E-state index is 12.4. The van der Waals surface area contributed by atoms with Gasteiger partial charge < -0.3 is 5.11 Å². The van der Waals surface area contributed by atoms with E-state index in [2.05, 4.69) is 4.72 Å². The van der Waals surface area contributed by atoms with E-state index in [1.54, 1.807) is 19.9 Å². The van der Waals surface area contributed by atoms with E-state index in [1.165, 1.54) is 0 Å². The fourth-order valence-electron chi connectivity index (χ4n) is 2.04. The first-order valence-electron chi connectivity index (χ1n) is 6.69. The highest BCUT2D eigenvalue weighted by molar-refractivity contribution is 7.89. The van der Waals surface area contributed by atoms with Gasteiger partial charge in [0.1, 0.15) is 4.90 Å². The van der Waals surface area contributed by atoms with Crippen molar-refractivity contribution in [2.24, 2.45) is 5.92 Å². The van der Waals surface area contributed by atoms with E-state index in [-0.39, 0.29) is 22.4 Å². The molecular weight excluding hydrogens is 333 g/mol. The second-order valence-corrected chi connectivity index (χ2v) is 8.07. The molecule has 0 radical (unpaired) electrons. The van der Waals surface area contributed by atoms with Gasteiger partial charge in [-0.2, -0.15) is 0 Å². The fraction of sp³-hybridized carbons (Fsp3) is 0.571. The molecule has 0 aliphatic carbocycles. The van der Waals surface area contributed by atoms with Gasteiger partial charge in [0.05, 0.1) is 11.1 Å². The second kappa shape index (κ2) is 7.29. The van der Waals surface area contributed by atoms with E-state index in [0.717, 1.165) is 0 Å². The maximum Gasteiger partial charge on any atom is 0.242 e. The minimum absolute atomic E-state index is 0.0223. The molecular formula is C14H21Cl2NO3S. The van der Waals surface area contributed by atoms with Crippen molar-refractivity contribution in [2.45, 2.75) is 45.1 Å². The molecule has 0 aromatic heterocycles. The van der Waals surface area contributed by atoms with E-state index in [1.807, 2.05) is 13.8 Å². The largest absolute Gasteiger partial charge is 0.392 e. The average molecular weight is 354 g/mol. The summed E-state index contributed by atoms with van der Waals surface area (Å²) in [7, 11) is -3.82. The number of aryl methyl sites for hydroxylation is 1. The number of rotatable bonds is 6. The third-order valence-corrected chi connectivity index (χ3v) is 5.70. The average Bonchev–Trinajstić information content (AvgIpc) is 2.33. The van der Waals surface area contributed by atoms with Gasteiger partial charge >= 0.3 is 0 Å². The van der Waals surface area contributed by atoms with Crippen LogP contribution in [-0.2, 0) is 10.0 Å². The molecule has 21 heavy (non-hydrogen) atoms. The maximum absolute atomic E-state index is 12.4. The molecule has 0 fully saturated rings. The summed E-state index contributed by atoms with van der Waals surface area (Å²) in [5.41, 5.74) is 0.994. The van der Waals surface area contributed by atoms with Gasteiger partial charge in [-0.25, -0.2) is 13.1 Å². The Bertz CT molecular complexity index is 589. The van der Waals surface area contributed by atoms with Gasteiger partial charge in [0.25, 0.3) is 0 Å². The molecule has 1 rings (SSSR count). The minimum atomic E-state index is -3.82. The lowest BCUT2D eigenvalue weighted by atomic mass is 10.1. The molecule has 0 amide bonds. The summed E-state index contributed by atoms with van der Waals surface area (Å²) in [5, 5.41) is 10.3. The van der Waals surface area contributed by atoms with E-state index in [4.69, 9.17) is 23.2 Å². The van der Waals surface area contributed by atoms with Crippen LogP contribution in [0, 0.1) is 19.8 Å². The standard InChI is InChI=1S/C14H21Cl2NO3S/c1-8(2)5-11(18)7-17-21(19,20)14-10(4)12(15)6-9(3)13(14)16/h6,8,11,17-18H,5,7H2,1-4H3. The minimum Gasteiger partial charge on any atom is -0.392 e. The molecule has 120 valence electrons. The number of sulfonamides is 1. The van der Waals surface area contributed by atoms with E-state index < -0.39 is 16.1 Å². The summed E-state index contributed by atoms with van der Waals surface area (Å²) in [6.45, 7) is 7.16. The normalized spacial score (nSPS) is 13.7. The van der Waals surface area contributed by atoms with E-state index in [9.17, 15) is 13.5 Å². The van der Waals surface area contributed by atoms with Crippen LogP contribution < -0.4 is 4.72 Å². The monoisotopic (exact) mass is 353 g/mol. The molecule has 0 aliphatic heterocycles. The molecule has 2 N–H and O–H groups in total. The van der Waals surface area contributed by atoms with Gasteiger partial charge in [-0.05, 0) is 43.4 Å². The number of nitrogens with one attached hydrogen (secondary N) is 1. The van der Waals surface area contributed by atoms with Gasteiger partial charge in [-0.3, -0.25) is 0 Å². The third-order valence-electron chi connectivity index (χ3n) is 3.11. The summed E-state index contributed by atoms with van der Waals surface area (Å²) >= 11 is 12.1. The van der Waals surface area contributed by atoms with Gasteiger partial charge in [0, 0.05) is 11.6 Å². The van der Waals surface area contributed by atoms with Crippen molar-refractivity contribution in [3.63, 3.8) is 0 Å². The SMILES string of the molecule is Cc1cc(Cl)c(C)c(S(=O)(=O)NCC(O)CC(C)C)c1Cl. The van der Waals surface area contributed by atoms with Crippen molar-refractivity contribution in [1.82, 2.24) is 4.72 Å². The lowest BCUT2D eigenvalue weighted by Crippen LogP contribution is -2.33. The van der Waals surface area contributed by atoms with E-state index >= 15 is 0 Å². The lowest BCUT2D eigenvalue weighted by molar-refractivity contribution is 0.152. The number of halogens is 2. The molecule has 0 saturated heterocycles. The summed E-state index contributed by atoms with van der Waals surface area (Å²) < 4.78 is 27.2. The first-order chi connectivity index (χ1) is 9.56. The van der Waals surface area contributed by atoms with Crippen molar-refractivity contribution in [1.29, 1.82) is 0 Å². The lowest BCUT2D eigenvalue weighted by Gasteiger charge is -2.17. The van der Waals surface area contributed by atoms with Crippen LogP contribution in [-0.4, -0.2) is 26.2 Å². The molecule has 0 bridgehead atoms. The molecule has 0 aliphatic rings. The van der Waals surface area contributed by atoms with Gasteiger partial charge in [0.2, 0.25) is 10.0 Å². The quantitative estimate of drug-likeness (QED) is 0.824. The fourth-order valence-corrected chi connectivity index (χ4v) is 4.32. The van der Waals surface area contributed by atoms with Crippen LogP contribution in [0.3, 0.4) is 0 Å². The van der Waals surface area contributed by atoms with Crippen molar-refractivity contribution in [2.75, 3.05) is 6.54 Å². The zero-order chi connectivity index (χ0) is 16.4. The Kier molecular flexibility index (Phi) is 6.50. The molecule has 4 nitrogen and oxygen atoms in total. The Hall–Kier alpha value is -0.330. The predicted molar refractivity (Wildman–Crippen MR) is 86.6 cm³/mol. The molecule has 1 unspecified atom stereocenters. The highest BCUT2D eigenvalue weighted by Gasteiger charge is 2.24. The Morgan fingerprint density at radius 3 is 2.38 bits per heavy atom.